The van der Waals surface area contributed by atoms with E-state index in [4.69, 9.17) is 0 Å². The smallest absolute Gasteiger partial charge is 0.230 e. The SMILES string of the molecule is CC(=O)N1c2ccc(C3CN(C)NN3)cc2N(C(=O)C2CC2)CC1C. The van der Waals surface area contributed by atoms with Crippen molar-refractivity contribution in [3.8, 4) is 0 Å². The van der Waals surface area contributed by atoms with E-state index in [1.54, 1.807) is 6.92 Å². The molecule has 2 amide bonds. The molecule has 4 rings (SSSR count). The van der Waals surface area contributed by atoms with Gasteiger partial charge in [0.1, 0.15) is 0 Å². The topological polar surface area (TPSA) is 67.9 Å². The lowest BCUT2D eigenvalue weighted by Crippen LogP contribution is -2.51. The first-order valence-electron chi connectivity index (χ1n) is 8.93. The van der Waals surface area contributed by atoms with E-state index in [9.17, 15) is 9.59 Å². The van der Waals surface area contributed by atoms with Crippen LogP contribution in [0.3, 0.4) is 0 Å². The Morgan fingerprint density at radius 1 is 1.16 bits per heavy atom. The molecular formula is C18H25N5O2. The molecule has 25 heavy (non-hydrogen) atoms. The van der Waals surface area contributed by atoms with E-state index in [-0.39, 0.29) is 29.8 Å². The monoisotopic (exact) mass is 343 g/mol. The van der Waals surface area contributed by atoms with Gasteiger partial charge in [0, 0.05) is 33.0 Å². The zero-order chi connectivity index (χ0) is 17.7. The van der Waals surface area contributed by atoms with Crippen LogP contribution in [0.4, 0.5) is 11.4 Å². The number of fused-ring (bicyclic) bond motifs is 1. The van der Waals surface area contributed by atoms with Crippen molar-refractivity contribution in [1.82, 2.24) is 16.0 Å². The molecule has 3 aliphatic rings. The molecule has 2 N–H and O–H groups in total. The molecule has 0 aromatic heterocycles. The maximum atomic E-state index is 12.8. The summed E-state index contributed by atoms with van der Waals surface area (Å²) in [6.07, 6.45) is 1.96. The molecule has 2 heterocycles. The minimum Gasteiger partial charge on any atom is -0.308 e. The Balaban J connectivity index is 1.74. The zero-order valence-electron chi connectivity index (χ0n) is 15.0. The number of hydrazine groups is 2. The standard InChI is InChI=1S/C18H25N5O2/c1-11-9-22(18(25)13-4-5-13)17-8-14(15-10-21(3)20-19-15)6-7-16(17)23(11)12(2)24/h6-8,11,13,15,19-20H,4-5,9-10H2,1-3H3. The van der Waals surface area contributed by atoms with Crippen molar-refractivity contribution < 1.29 is 9.59 Å². The Morgan fingerprint density at radius 2 is 1.92 bits per heavy atom. The molecule has 7 heteroatoms. The highest BCUT2D eigenvalue weighted by Gasteiger charge is 2.40. The van der Waals surface area contributed by atoms with Crippen LogP contribution in [-0.4, -0.2) is 43.0 Å². The van der Waals surface area contributed by atoms with Crippen LogP contribution in [-0.2, 0) is 9.59 Å². The first-order valence-corrected chi connectivity index (χ1v) is 8.93. The summed E-state index contributed by atoms with van der Waals surface area (Å²) in [4.78, 5) is 28.7. The number of benzene rings is 1. The molecule has 1 aromatic carbocycles. The maximum absolute atomic E-state index is 12.8. The number of likely N-dealkylation sites (N-methyl/N-ethyl adjacent to an activating group) is 1. The second-order valence-electron chi connectivity index (χ2n) is 7.40. The fraction of sp³-hybridized carbons (Fsp3) is 0.556. The van der Waals surface area contributed by atoms with Crippen molar-refractivity contribution in [2.45, 2.75) is 38.8 Å². The van der Waals surface area contributed by atoms with Crippen LogP contribution in [0, 0.1) is 5.92 Å². The van der Waals surface area contributed by atoms with E-state index in [2.05, 4.69) is 17.0 Å². The third-order valence-corrected chi connectivity index (χ3v) is 5.26. The van der Waals surface area contributed by atoms with Crippen molar-refractivity contribution in [3.63, 3.8) is 0 Å². The molecule has 2 fully saturated rings. The molecule has 2 aliphatic heterocycles. The number of amides is 2. The molecule has 134 valence electrons. The van der Waals surface area contributed by atoms with Crippen LogP contribution < -0.4 is 20.8 Å². The maximum Gasteiger partial charge on any atom is 0.230 e. The van der Waals surface area contributed by atoms with E-state index in [0.717, 1.165) is 36.3 Å². The Labute approximate surface area is 147 Å². The molecule has 1 aliphatic carbocycles. The van der Waals surface area contributed by atoms with Crippen molar-refractivity contribution in [1.29, 1.82) is 0 Å². The molecule has 2 unspecified atom stereocenters. The fourth-order valence-electron chi connectivity index (χ4n) is 3.84. The predicted molar refractivity (Wildman–Crippen MR) is 95.8 cm³/mol. The van der Waals surface area contributed by atoms with Gasteiger partial charge in [-0.3, -0.25) is 9.59 Å². The second-order valence-corrected chi connectivity index (χ2v) is 7.40. The fourth-order valence-corrected chi connectivity index (χ4v) is 3.84. The van der Waals surface area contributed by atoms with E-state index in [1.807, 2.05) is 40.9 Å². The highest BCUT2D eigenvalue weighted by atomic mass is 16.2. The van der Waals surface area contributed by atoms with Crippen molar-refractivity contribution in [3.05, 3.63) is 23.8 Å². The van der Waals surface area contributed by atoms with Crippen LogP contribution in [0.5, 0.6) is 0 Å². The molecule has 1 saturated carbocycles. The molecule has 1 saturated heterocycles. The predicted octanol–water partition coefficient (Wildman–Crippen LogP) is 1.18. The van der Waals surface area contributed by atoms with E-state index in [1.165, 1.54) is 0 Å². The van der Waals surface area contributed by atoms with Crippen molar-refractivity contribution in [2.24, 2.45) is 5.92 Å². The van der Waals surface area contributed by atoms with Gasteiger partial charge in [-0.05, 0) is 37.5 Å². The lowest BCUT2D eigenvalue weighted by molar-refractivity contribution is -0.120. The average molecular weight is 343 g/mol. The summed E-state index contributed by atoms with van der Waals surface area (Å²) in [6.45, 7) is 4.98. The molecule has 7 nitrogen and oxygen atoms in total. The number of carbonyl (C=O) groups is 2. The Kier molecular flexibility index (Phi) is 4.02. The van der Waals surface area contributed by atoms with Crippen LogP contribution in [0.2, 0.25) is 0 Å². The minimum atomic E-state index is -0.0176. The van der Waals surface area contributed by atoms with E-state index in [0.29, 0.717) is 6.54 Å². The Bertz CT molecular complexity index is 717. The van der Waals surface area contributed by atoms with Gasteiger partial charge in [0.15, 0.2) is 0 Å². The summed E-state index contributed by atoms with van der Waals surface area (Å²) < 4.78 is 0. The van der Waals surface area contributed by atoms with Gasteiger partial charge in [-0.2, -0.15) is 5.53 Å². The number of hydrogen-bond acceptors (Lipinski definition) is 5. The summed E-state index contributed by atoms with van der Waals surface area (Å²) in [6, 6.07) is 6.23. The van der Waals surface area contributed by atoms with Gasteiger partial charge in [0.2, 0.25) is 11.8 Å². The molecule has 0 radical (unpaired) electrons. The van der Waals surface area contributed by atoms with Gasteiger partial charge in [0.05, 0.1) is 23.5 Å². The normalized spacial score (nSPS) is 26.7. The highest BCUT2D eigenvalue weighted by molar-refractivity contribution is 6.05. The number of nitrogens with zero attached hydrogens (tertiary/aromatic N) is 3. The summed E-state index contributed by atoms with van der Waals surface area (Å²) in [5, 5.41) is 1.99. The first kappa shape index (κ1) is 16.5. The van der Waals surface area contributed by atoms with E-state index < -0.39 is 0 Å². The number of rotatable bonds is 2. The number of nitrogens with one attached hydrogen (secondary N) is 2. The van der Waals surface area contributed by atoms with E-state index >= 15 is 0 Å². The molecular weight excluding hydrogens is 318 g/mol. The van der Waals surface area contributed by atoms with Gasteiger partial charge in [-0.25, -0.2) is 10.4 Å². The van der Waals surface area contributed by atoms with Gasteiger partial charge in [-0.1, -0.05) is 6.07 Å². The van der Waals surface area contributed by atoms with Gasteiger partial charge in [-0.15, -0.1) is 0 Å². The molecule has 0 spiro atoms. The number of hydrogen-bond donors (Lipinski definition) is 2. The summed E-state index contributed by atoms with van der Waals surface area (Å²) in [7, 11) is 1.98. The van der Waals surface area contributed by atoms with Crippen LogP contribution in [0.15, 0.2) is 18.2 Å². The molecule has 0 bridgehead atoms. The van der Waals surface area contributed by atoms with Gasteiger partial charge in [0.25, 0.3) is 0 Å². The molecule has 2 atom stereocenters. The van der Waals surface area contributed by atoms with Crippen molar-refractivity contribution >= 4 is 23.2 Å². The largest absolute Gasteiger partial charge is 0.308 e. The van der Waals surface area contributed by atoms with Crippen molar-refractivity contribution in [2.75, 3.05) is 29.9 Å². The highest BCUT2D eigenvalue weighted by Crippen LogP contribution is 2.41. The van der Waals surface area contributed by atoms with Crippen LogP contribution in [0.25, 0.3) is 0 Å². The molecule has 1 aromatic rings. The Hall–Kier alpha value is -1.96. The summed E-state index contributed by atoms with van der Waals surface area (Å²) in [5.74, 6) is 0.369. The summed E-state index contributed by atoms with van der Waals surface area (Å²) >= 11 is 0. The Morgan fingerprint density at radius 3 is 2.52 bits per heavy atom. The number of carbonyl (C=O) groups excluding carboxylic acids is 2. The second kappa shape index (κ2) is 6.09. The quantitative estimate of drug-likeness (QED) is 0.844. The van der Waals surface area contributed by atoms with Gasteiger partial charge >= 0.3 is 0 Å². The summed E-state index contributed by atoms with van der Waals surface area (Å²) in [5.41, 5.74) is 9.14. The minimum absolute atomic E-state index is 0.0143. The average Bonchev–Trinajstić information content (AvgIpc) is 3.34. The lowest BCUT2D eigenvalue weighted by atomic mass is 10.0. The zero-order valence-corrected chi connectivity index (χ0v) is 15.0. The third-order valence-electron chi connectivity index (χ3n) is 5.26. The van der Waals surface area contributed by atoms with Crippen LogP contribution in [0.1, 0.15) is 38.3 Å². The first-order chi connectivity index (χ1) is 12.0. The number of anilines is 2. The lowest BCUT2D eigenvalue weighted by Gasteiger charge is -2.41. The van der Waals surface area contributed by atoms with Gasteiger partial charge < -0.3 is 9.80 Å². The third kappa shape index (κ3) is 2.92. The van der Waals surface area contributed by atoms with Crippen LogP contribution >= 0.6 is 0 Å².